The van der Waals surface area contributed by atoms with Gasteiger partial charge in [-0.1, -0.05) is 47.6 Å². The van der Waals surface area contributed by atoms with Gasteiger partial charge in [-0.2, -0.15) is 0 Å². The summed E-state index contributed by atoms with van der Waals surface area (Å²) in [6.45, 7) is 13.0. The van der Waals surface area contributed by atoms with Crippen molar-refractivity contribution < 1.29 is 47.6 Å². The Hall–Kier alpha value is -3.34. The highest BCUT2D eigenvalue weighted by molar-refractivity contribution is 5.76. The van der Waals surface area contributed by atoms with Crippen molar-refractivity contribution in [3.05, 3.63) is 23.8 Å². The zero-order chi connectivity index (χ0) is 28.8. The van der Waals surface area contributed by atoms with E-state index in [4.69, 9.17) is 34.2 Å². The average Bonchev–Trinajstić information content (AvgIpc) is 2.81. The average molecular weight is 540 g/mol. The van der Waals surface area contributed by atoms with Crippen LogP contribution in [0.25, 0.3) is 0 Å². The fourth-order valence-electron chi connectivity index (χ4n) is 2.81. The van der Waals surface area contributed by atoms with Crippen LogP contribution in [-0.2, 0) is 35.0 Å². The minimum Gasteiger partial charge on any atom is -0.462 e. The first kappa shape index (κ1) is 32.7. The Morgan fingerprint density at radius 2 is 1.29 bits per heavy atom. The van der Waals surface area contributed by atoms with Crippen LogP contribution < -0.4 is 15.2 Å². The third kappa shape index (κ3) is 13.8. The van der Waals surface area contributed by atoms with Gasteiger partial charge in [0.2, 0.25) is 0 Å². The molecule has 0 aliphatic heterocycles. The van der Waals surface area contributed by atoms with E-state index in [0.29, 0.717) is 5.56 Å². The molecule has 11 heteroatoms. The van der Waals surface area contributed by atoms with Gasteiger partial charge in [-0.05, 0) is 48.8 Å². The van der Waals surface area contributed by atoms with E-state index in [1.807, 2.05) is 41.5 Å². The van der Waals surface area contributed by atoms with Gasteiger partial charge in [0.05, 0.1) is 13.2 Å². The van der Waals surface area contributed by atoms with Crippen molar-refractivity contribution in [2.75, 3.05) is 19.8 Å². The summed E-state index contributed by atoms with van der Waals surface area (Å²) in [5.74, 6) is -0.915. The maximum atomic E-state index is 12.5. The van der Waals surface area contributed by atoms with Gasteiger partial charge in [0.1, 0.15) is 18.8 Å². The monoisotopic (exact) mass is 539 g/mol. The van der Waals surface area contributed by atoms with Gasteiger partial charge >= 0.3 is 24.2 Å². The number of nitrogens with two attached hydrogens (primary N) is 1. The minimum atomic E-state index is -1.06. The van der Waals surface area contributed by atoms with E-state index >= 15 is 0 Å². The van der Waals surface area contributed by atoms with E-state index in [1.54, 1.807) is 13.0 Å². The van der Waals surface area contributed by atoms with Gasteiger partial charge in [-0.15, -0.1) is 0 Å². The van der Waals surface area contributed by atoms with Gasteiger partial charge in [-0.3, -0.25) is 9.59 Å². The van der Waals surface area contributed by atoms with E-state index < -0.39 is 30.4 Å². The topological polar surface area (TPSA) is 150 Å². The molecule has 0 saturated carbocycles. The number of rotatable bonds is 14. The first-order valence-corrected chi connectivity index (χ1v) is 12.7. The van der Waals surface area contributed by atoms with E-state index in [2.05, 4.69) is 0 Å². The summed E-state index contributed by atoms with van der Waals surface area (Å²) in [5.41, 5.74) is 6.52. The largest absolute Gasteiger partial charge is 0.513 e. The molecule has 0 heterocycles. The molecular weight excluding hydrogens is 498 g/mol. The van der Waals surface area contributed by atoms with Crippen LogP contribution in [0.5, 0.6) is 11.5 Å². The molecule has 0 unspecified atom stereocenters. The highest BCUT2D eigenvalue weighted by Crippen LogP contribution is 2.30. The normalized spacial score (nSPS) is 12.6. The number of carbonyl (C=O) groups excluding carboxylic acids is 4. The SMILES string of the molecule is CC(C)COC(=O)Oc1ccc(C[C@H](N)C(=O)O[C@@H](C)COC(=O)CC(C)C)cc1OC(=O)OCC(C)C. The second kappa shape index (κ2) is 16.5. The maximum Gasteiger partial charge on any atom is 0.513 e. The molecule has 0 fully saturated rings. The molecule has 0 amide bonds. The van der Waals surface area contributed by atoms with Crippen LogP contribution in [0.4, 0.5) is 9.59 Å². The van der Waals surface area contributed by atoms with Crippen molar-refractivity contribution >= 4 is 24.2 Å². The van der Waals surface area contributed by atoms with Crippen molar-refractivity contribution in [2.45, 2.75) is 73.5 Å². The van der Waals surface area contributed by atoms with Crippen molar-refractivity contribution in [1.82, 2.24) is 0 Å². The number of benzene rings is 1. The fourth-order valence-corrected chi connectivity index (χ4v) is 2.81. The smallest absolute Gasteiger partial charge is 0.462 e. The van der Waals surface area contributed by atoms with Gasteiger partial charge < -0.3 is 34.2 Å². The molecule has 1 aromatic carbocycles. The van der Waals surface area contributed by atoms with Gasteiger partial charge in [0.15, 0.2) is 11.5 Å². The number of ether oxygens (including phenoxy) is 6. The summed E-state index contributed by atoms with van der Waals surface area (Å²) in [5, 5.41) is 0. The quantitative estimate of drug-likeness (QED) is 0.203. The third-order valence-corrected chi connectivity index (χ3v) is 4.59. The molecule has 214 valence electrons. The van der Waals surface area contributed by atoms with E-state index in [0.717, 1.165) is 0 Å². The second-order valence-corrected chi connectivity index (χ2v) is 10.2. The van der Waals surface area contributed by atoms with Crippen LogP contribution in [-0.4, -0.2) is 56.2 Å². The Kier molecular flexibility index (Phi) is 14.2. The molecule has 0 radical (unpaired) electrons. The zero-order valence-electron chi connectivity index (χ0n) is 23.3. The Labute approximate surface area is 224 Å². The third-order valence-electron chi connectivity index (χ3n) is 4.59. The highest BCUT2D eigenvalue weighted by Gasteiger charge is 2.22. The molecule has 0 saturated heterocycles. The number of hydrogen-bond acceptors (Lipinski definition) is 11. The van der Waals surface area contributed by atoms with Crippen molar-refractivity contribution in [2.24, 2.45) is 23.5 Å². The lowest BCUT2D eigenvalue weighted by atomic mass is 10.1. The molecule has 1 rings (SSSR count). The summed E-state index contributed by atoms with van der Waals surface area (Å²) in [7, 11) is 0. The fraction of sp³-hybridized carbons (Fsp3) is 0.630. The van der Waals surface area contributed by atoms with Gasteiger partial charge in [0.25, 0.3) is 0 Å². The summed E-state index contributed by atoms with van der Waals surface area (Å²) < 4.78 is 30.9. The lowest BCUT2D eigenvalue weighted by molar-refractivity contribution is -0.159. The lowest BCUT2D eigenvalue weighted by Gasteiger charge is -2.18. The molecule has 0 spiro atoms. The van der Waals surface area contributed by atoms with Crippen LogP contribution >= 0.6 is 0 Å². The summed E-state index contributed by atoms with van der Waals surface area (Å²) in [6.07, 6.45) is -2.35. The molecule has 11 nitrogen and oxygen atoms in total. The molecule has 2 atom stereocenters. The number of carbonyl (C=O) groups is 4. The Morgan fingerprint density at radius 3 is 1.82 bits per heavy atom. The van der Waals surface area contributed by atoms with Crippen molar-refractivity contribution in [3.8, 4) is 11.5 Å². The first-order chi connectivity index (χ1) is 17.8. The highest BCUT2D eigenvalue weighted by atomic mass is 16.7. The molecule has 38 heavy (non-hydrogen) atoms. The predicted molar refractivity (Wildman–Crippen MR) is 138 cm³/mol. The van der Waals surface area contributed by atoms with Crippen molar-refractivity contribution in [3.63, 3.8) is 0 Å². The number of esters is 2. The molecule has 0 aliphatic rings. The predicted octanol–water partition coefficient (Wildman–Crippen LogP) is 4.42. The van der Waals surface area contributed by atoms with E-state index in [1.165, 1.54) is 12.1 Å². The summed E-state index contributed by atoms with van der Waals surface area (Å²) in [4.78, 5) is 48.3. The molecule has 0 aliphatic carbocycles. The molecule has 1 aromatic rings. The summed E-state index contributed by atoms with van der Waals surface area (Å²) in [6, 6.07) is 3.30. The first-order valence-electron chi connectivity index (χ1n) is 12.7. The molecule has 0 bridgehead atoms. The minimum absolute atomic E-state index is 0.0220. The molecular formula is C27H41NO10. The molecule has 0 aromatic heterocycles. The molecule has 2 N–H and O–H groups in total. The summed E-state index contributed by atoms with van der Waals surface area (Å²) >= 11 is 0. The zero-order valence-corrected chi connectivity index (χ0v) is 23.3. The van der Waals surface area contributed by atoms with E-state index in [-0.39, 0.29) is 67.9 Å². The van der Waals surface area contributed by atoms with Crippen LogP contribution in [0, 0.1) is 17.8 Å². The van der Waals surface area contributed by atoms with Crippen LogP contribution in [0.3, 0.4) is 0 Å². The second-order valence-electron chi connectivity index (χ2n) is 10.2. The van der Waals surface area contributed by atoms with E-state index in [9.17, 15) is 19.2 Å². The van der Waals surface area contributed by atoms with Gasteiger partial charge in [0, 0.05) is 6.42 Å². The number of hydrogen-bond donors (Lipinski definition) is 1. The Balaban J connectivity index is 2.86. The maximum absolute atomic E-state index is 12.5. The Bertz CT molecular complexity index is 928. The lowest BCUT2D eigenvalue weighted by Crippen LogP contribution is -2.37. The van der Waals surface area contributed by atoms with Crippen LogP contribution in [0.1, 0.15) is 60.5 Å². The van der Waals surface area contributed by atoms with Crippen LogP contribution in [0.15, 0.2) is 18.2 Å². The van der Waals surface area contributed by atoms with Gasteiger partial charge in [-0.25, -0.2) is 9.59 Å². The van der Waals surface area contributed by atoms with Crippen LogP contribution in [0.2, 0.25) is 0 Å². The standard InChI is InChI=1S/C27H41NO10/c1-16(2)10-24(29)33-15-19(7)36-25(30)21(28)11-20-8-9-22(37-26(31)34-13-17(3)4)23(12-20)38-27(32)35-14-18(5)6/h8-9,12,16-19,21H,10-11,13-15,28H2,1-7H3/t19-,21-/m0/s1. The van der Waals surface area contributed by atoms with Crippen molar-refractivity contribution in [1.29, 1.82) is 0 Å². The Morgan fingerprint density at radius 1 is 0.737 bits per heavy atom.